The minimum absolute atomic E-state index is 0.213. The van der Waals surface area contributed by atoms with Gasteiger partial charge in [0.2, 0.25) is 15.9 Å². The molecular formula is C20H22N4O4S2. The fraction of sp³-hybridized carbons (Fsp3) is 0.350. The Balaban J connectivity index is 1.74. The van der Waals surface area contributed by atoms with Gasteiger partial charge in [0.1, 0.15) is 11.8 Å². The Morgan fingerprint density at radius 1 is 1.33 bits per heavy atom. The molecule has 3 heterocycles. The van der Waals surface area contributed by atoms with E-state index in [0.717, 1.165) is 16.5 Å². The van der Waals surface area contributed by atoms with Gasteiger partial charge in [-0.25, -0.2) is 13.4 Å². The van der Waals surface area contributed by atoms with Gasteiger partial charge in [-0.05, 0) is 43.2 Å². The number of ether oxygens (including phenoxy) is 1. The first-order chi connectivity index (χ1) is 14.4. The molecule has 158 valence electrons. The molecule has 1 aliphatic rings. The number of methoxy groups -OCH3 is 1. The van der Waals surface area contributed by atoms with E-state index in [4.69, 9.17) is 4.74 Å². The van der Waals surface area contributed by atoms with E-state index >= 15 is 0 Å². The fourth-order valence-corrected chi connectivity index (χ4v) is 5.71. The molecule has 1 saturated heterocycles. The highest BCUT2D eigenvalue weighted by Crippen LogP contribution is 2.34. The lowest BCUT2D eigenvalue weighted by Crippen LogP contribution is -2.47. The van der Waals surface area contributed by atoms with Crippen LogP contribution in [0.5, 0.6) is 5.75 Å². The average molecular weight is 447 g/mol. The second-order valence-corrected chi connectivity index (χ2v) is 10.1. The maximum Gasteiger partial charge on any atom is 0.247 e. The van der Waals surface area contributed by atoms with Crippen molar-refractivity contribution in [1.29, 1.82) is 0 Å². The summed E-state index contributed by atoms with van der Waals surface area (Å²) >= 11 is 1.37. The number of benzene rings is 1. The number of aromatic nitrogens is 2. The van der Waals surface area contributed by atoms with E-state index in [1.165, 1.54) is 15.6 Å². The number of anilines is 1. The van der Waals surface area contributed by atoms with Crippen molar-refractivity contribution in [2.75, 3.05) is 24.8 Å². The molecule has 1 aliphatic heterocycles. The Hall–Kier alpha value is -2.56. The highest BCUT2D eigenvalue weighted by molar-refractivity contribution is 7.88. The van der Waals surface area contributed by atoms with Crippen molar-refractivity contribution in [2.24, 2.45) is 0 Å². The van der Waals surface area contributed by atoms with E-state index in [0.29, 0.717) is 36.0 Å². The molecule has 1 atom stereocenters. The summed E-state index contributed by atoms with van der Waals surface area (Å²) in [7, 11) is -1.89. The SMILES string of the molecule is COc1ccc2nc(N(Cc3ccccn3)C(=O)C3CCCN3S(C)(=O)=O)sc2c1. The largest absolute Gasteiger partial charge is 0.497 e. The molecule has 1 unspecified atom stereocenters. The van der Waals surface area contributed by atoms with Crippen LogP contribution in [0.4, 0.5) is 5.13 Å². The van der Waals surface area contributed by atoms with Crippen LogP contribution in [0, 0.1) is 0 Å². The molecule has 0 aliphatic carbocycles. The van der Waals surface area contributed by atoms with Gasteiger partial charge < -0.3 is 4.74 Å². The van der Waals surface area contributed by atoms with Crippen molar-refractivity contribution >= 4 is 42.6 Å². The lowest BCUT2D eigenvalue weighted by atomic mass is 10.2. The van der Waals surface area contributed by atoms with E-state index in [1.807, 2.05) is 36.4 Å². The van der Waals surface area contributed by atoms with Gasteiger partial charge in [-0.1, -0.05) is 17.4 Å². The third-order valence-electron chi connectivity index (χ3n) is 5.04. The maximum absolute atomic E-state index is 13.5. The zero-order chi connectivity index (χ0) is 21.3. The summed E-state index contributed by atoms with van der Waals surface area (Å²) in [6.45, 7) is 0.564. The van der Waals surface area contributed by atoms with Gasteiger partial charge in [-0.2, -0.15) is 4.31 Å². The molecule has 10 heteroatoms. The van der Waals surface area contributed by atoms with Gasteiger partial charge >= 0.3 is 0 Å². The molecule has 0 spiro atoms. The van der Waals surface area contributed by atoms with E-state index in [1.54, 1.807) is 18.2 Å². The number of sulfonamides is 1. The Morgan fingerprint density at radius 2 is 2.17 bits per heavy atom. The molecule has 0 radical (unpaired) electrons. The molecule has 4 rings (SSSR count). The lowest BCUT2D eigenvalue weighted by Gasteiger charge is -2.27. The van der Waals surface area contributed by atoms with Crippen LogP contribution in [0.15, 0.2) is 42.6 Å². The lowest BCUT2D eigenvalue weighted by molar-refractivity contribution is -0.121. The first-order valence-electron chi connectivity index (χ1n) is 9.49. The number of nitrogens with zero attached hydrogens (tertiary/aromatic N) is 4. The van der Waals surface area contributed by atoms with Gasteiger partial charge in [0, 0.05) is 12.7 Å². The number of fused-ring (bicyclic) bond motifs is 1. The number of hydrogen-bond acceptors (Lipinski definition) is 7. The molecule has 1 aromatic carbocycles. The summed E-state index contributed by atoms with van der Waals surface area (Å²) in [5, 5.41) is 0.509. The van der Waals surface area contributed by atoms with Crippen molar-refractivity contribution in [3.63, 3.8) is 0 Å². The van der Waals surface area contributed by atoms with Gasteiger partial charge in [0.05, 0.1) is 35.8 Å². The smallest absolute Gasteiger partial charge is 0.247 e. The van der Waals surface area contributed by atoms with E-state index < -0.39 is 16.1 Å². The number of carbonyl (C=O) groups is 1. The number of amides is 1. The molecule has 1 amide bonds. The Labute approximate surface area is 179 Å². The van der Waals surface area contributed by atoms with Crippen molar-refractivity contribution in [3.05, 3.63) is 48.3 Å². The van der Waals surface area contributed by atoms with Crippen molar-refractivity contribution in [3.8, 4) is 5.75 Å². The standard InChI is InChI=1S/C20H22N4O4S2/c1-28-15-8-9-16-18(12-15)29-20(22-16)23(13-14-6-3-4-10-21-14)19(25)17-7-5-11-24(17)30(2,26)27/h3-4,6,8-10,12,17H,5,7,11,13H2,1-2H3. The van der Waals surface area contributed by atoms with Crippen LogP contribution in [0.3, 0.4) is 0 Å². The van der Waals surface area contributed by atoms with Gasteiger partial charge in [0.25, 0.3) is 0 Å². The summed E-state index contributed by atoms with van der Waals surface area (Å²) in [6.07, 6.45) is 3.95. The van der Waals surface area contributed by atoms with E-state index in [2.05, 4.69) is 9.97 Å². The number of carbonyl (C=O) groups excluding carboxylic acids is 1. The van der Waals surface area contributed by atoms with Crippen LogP contribution < -0.4 is 9.64 Å². The predicted molar refractivity (Wildman–Crippen MR) is 116 cm³/mol. The van der Waals surface area contributed by atoms with Crippen LogP contribution >= 0.6 is 11.3 Å². The summed E-state index contributed by atoms with van der Waals surface area (Å²) in [5.74, 6) is 0.425. The summed E-state index contributed by atoms with van der Waals surface area (Å²) in [5.41, 5.74) is 1.45. The topological polar surface area (TPSA) is 92.7 Å². The normalized spacial score (nSPS) is 17.3. The minimum atomic E-state index is -3.48. The second kappa shape index (κ2) is 8.29. The number of pyridine rings is 1. The average Bonchev–Trinajstić information content (AvgIpc) is 3.38. The Morgan fingerprint density at radius 3 is 2.87 bits per heavy atom. The van der Waals surface area contributed by atoms with Gasteiger partial charge in [0.15, 0.2) is 5.13 Å². The fourth-order valence-electron chi connectivity index (χ4n) is 3.59. The van der Waals surface area contributed by atoms with Crippen LogP contribution in [-0.2, 0) is 21.4 Å². The van der Waals surface area contributed by atoms with Crippen molar-refractivity contribution in [2.45, 2.75) is 25.4 Å². The Bertz CT molecular complexity index is 1160. The molecular weight excluding hydrogens is 424 g/mol. The number of hydrogen-bond donors (Lipinski definition) is 0. The quantitative estimate of drug-likeness (QED) is 0.578. The molecule has 0 N–H and O–H groups in total. The minimum Gasteiger partial charge on any atom is -0.497 e. The highest BCUT2D eigenvalue weighted by Gasteiger charge is 2.39. The molecule has 0 saturated carbocycles. The number of thiazole rings is 1. The second-order valence-electron chi connectivity index (χ2n) is 7.11. The Kier molecular flexibility index (Phi) is 5.72. The molecule has 2 aromatic heterocycles. The number of rotatable bonds is 6. The zero-order valence-corrected chi connectivity index (χ0v) is 18.3. The van der Waals surface area contributed by atoms with E-state index in [9.17, 15) is 13.2 Å². The maximum atomic E-state index is 13.5. The van der Waals surface area contributed by atoms with E-state index in [-0.39, 0.29) is 12.5 Å². The van der Waals surface area contributed by atoms with Gasteiger partial charge in [-0.3, -0.25) is 14.7 Å². The van der Waals surface area contributed by atoms with Crippen molar-refractivity contribution < 1.29 is 17.9 Å². The van der Waals surface area contributed by atoms with Crippen LogP contribution in [0.25, 0.3) is 10.2 Å². The third kappa shape index (κ3) is 4.16. The summed E-state index contributed by atoms with van der Waals surface area (Å²) in [4.78, 5) is 24.1. The molecule has 3 aromatic rings. The highest BCUT2D eigenvalue weighted by atomic mass is 32.2. The van der Waals surface area contributed by atoms with Crippen LogP contribution in [-0.4, -0.2) is 54.6 Å². The molecule has 30 heavy (non-hydrogen) atoms. The van der Waals surface area contributed by atoms with Crippen LogP contribution in [0.1, 0.15) is 18.5 Å². The zero-order valence-electron chi connectivity index (χ0n) is 16.7. The van der Waals surface area contributed by atoms with Crippen molar-refractivity contribution in [1.82, 2.24) is 14.3 Å². The van der Waals surface area contributed by atoms with Crippen LogP contribution in [0.2, 0.25) is 0 Å². The first kappa shape index (κ1) is 20.7. The van der Waals surface area contributed by atoms with Gasteiger partial charge in [-0.15, -0.1) is 0 Å². The summed E-state index contributed by atoms with van der Waals surface area (Å²) in [6, 6.07) is 10.3. The molecule has 0 bridgehead atoms. The predicted octanol–water partition coefficient (Wildman–Crippen LogP) is 2.66. The molecule has 8 nitrogen and oxygen atoms in total. The monoisotopic (exact) mass is 446 g/mol. The first-order valence-corrected chi connectivity index (χ1v) is 12.2. The molecule has 1 fully saturated rings. The summed E-state index contributed by atoms with van der Waals surface area (Å²) < 4.78 is 31.8. The third-order valence-corrected chi connectivity index (χ3v) is 7.37.